The van der Waals surface area contributed by atoms with Gasteiger partial charge in [-0.3, -0.25) is 48.3 Å². The minimum atomic E-state index is -1.59. The van der Waals surface area contributed by atoms with Crippen LogP contribution in [0.3, 0.4) is 0 Å². The first-order valence-corrected chi connectivity index (χ1v) is 25.3. The summed E-state index contributed by atoms with van der Waals surface area (Å²) in [5.41, 5.74) is 23.2. The van der Waals surface area contributed by atoms with E-state index in [2.05, 4.69) is 95.7 Å². The molecule has 0 aliphatic carbocycles. The van der Waals surface area contributed by atoms with Crippen molar-refractivity contribution in [1.82, 2.24) is 37.2 Å². The molecule has 0 bridgehead atoms. The molecule has 408 valence electrons. The number of aliphatic carboxylic acids is 1. The molecule has 6 atom stereocenters. The van der Waals surface area contributed by atoms with Crippen LogP contribution in [0.1, 0.15) is 91.5 Å². The van der Waals surface area contributed by atoms with Crippen LogP contribution in [0, 0.1) is 11.8 Å². The number of carbonyl (C=O) groups excluding carboxylic acids is 7. The third-order valence-electron chi connectivity index (χ3n) is 12.3. The Bertz CT molecular complexity index is 2670. The number of carboxylic acids is 1. The summed E-state index contributed by atoms with van der Waals surface area (Å²) < 4.78 is 0. The van der Waals surface area contributed by atoms with E-state index in [4.69, 9.17) is 28.0 Å². The maximum Gasteiger partial charge on any atom is 0.322 e. The zero-order valence-corrected chi connectivity index (χ0v) is 43.4. The van der Waals surface area contributed by atoms with Crippen LogP contribution < -0.4 is 60.2 Å². The minimum Gasteiger partial charge on any atom is -0.480 e. The third kappa shape index (κ3) is 18.9. The molecule has 17 N–H and O–H groups in total. The summed E-state index contributed by atoms with van der Waals surface area (Å²) in [6.45, 7) is 7.16. The molecule has 75 heavy (non-hydrogen) atoms. The van der Waals surface area contributed by atoms with E-state index >= 15 is 0 Å². The Labute approximate surface area is 435 Å². The van der Waals surface area contributed by atoms with Crippen LogP contribution in [-0.2, 0) is 44.8 Å². The normalized spacial score (nSPS) is 13.7. The van der Waals surface area contributed by atoms with Crippen LogP contribution in [0.2, 0.25) is 0 Å². The van der Waals surface area contributed by atoms with E-state index in [1.807, 2.05) is 19.9 Å². The number of carboxylic acid groups (broad SMARTS) is 1. The van der Waals surface area contributed by atoms with Gasteiger partial charge in [0.05, 0.1) is 6.61 Å². The van der Waals surface area contributed by atoms with Crippen molar-refractivity contribution in [3.63, 3.8) is 0 Å². The molecule has 4 aromatic rings. The second-order valence-corrected chi connectivity index (χ2v) is 19.5. The zero-order chi connectivity index (χ0) is 55.4. The fraction of sp³-hybridized carbons (Fsp3) is 0.500. The highest BCUT2D eigenvalue weighted by molar-refractivity contribution is 6.23. The van der Waals surface area contributed by atoms with Gasteiger partial charge in [-0.2, -0.15) is 0 Å². The molecule has 23 heteroatoms. The van der Waals surface area contributed by atoms with Crippen LogP contribution in [0.25, 0.3) is 32.3 Å². The summed E-state index contributed by atoms with van der Waals surface area (Å²) in [5, 5.41) is 43.8. The van der Waals surface area contributed by atoms with Gasteiger partial charge in [0.15, 0.2) is 11.9 Å². The second-order valence-electron chi connectivity index (χ2n) is 19.5. The second kappa shape index (κ2) is 29.2. The topological polar surface area (TPSA) is 390 Å². The molecule has 0 aliphatic heterocycles. The summed E-state index contributed by atoms with van der Waals surface area (Å²) >= 11 is 0. The minimum absolute atomic E-state index is 0.00101. The average molecular weight is 1040 g/mol. The van der Waals surface area contributed by atoms with E-state index in [9.17, 15) is 43.5 Å². The number of aliphatic hydroxyl groups is 1. The van der Waals surface area contributed by atoms with E-state index < -0.39 is 90.8 Å². The van der Waals surface area contributed by atoms with Crippen LogP contribution in [-0.4, -0.2) is 132 Å². The van der Waals surface area contributed by atoms with E-state index in [1.165, 1.54) is 17.7 Å². The number of hydrogen-bond acceptors (Lipinski definition) is 11. The molecule has 0 saturated heterocycles. The number of benzene rings is 4. The van der Waals surface area contributed by atoms with Crippen molar-refractivity contribution in [2.24, 2.45) is 44.8 Å². The maximum absolute atomic E-state index is 14.2. The lowest BCUT2D eigenvalue weighted by Crippen LogP contribution is -2.59. The number of hydrogen-bond donors (Lipinski definition) is 13. The van der Waals surface area contributed by atoms with Crippen LogP contribution in [0.4, 0.5) is 0 Å². The first kappa shape index (κ1) is 59.7. The Morgan fingerprint density at radius 1 is 0.533 bits per heavy atom. The molecule has 23 nitrogen and oxygen atoms in total. The SMILES string of the molecule is CC(C)C[C@H](NC(=O)CCCc1ccc2ccc3cccc4ccc1c2c34)C(=O)N[C@@H](CCCN=C(N)N)C(=O)N[C@@H](CCCN=C(N)N)C(=O)N[C@@H](C)C(=O)N[C@@H](CO)C(=O)N[C@@H](CC(C)C)C(=O)NCC(=O)O. The quantitative estimate of drug-likeness (QED) is 0.0139. The molecule has 0 heterocycles. The first-order valence-electron chi connectivity index (χ1n) is 25.3. The fourth-order valence-corrected chi connectivity index (χ4v) is 8.64. The summed E-state index contributed by atoms with van der Waals surface area (Å²) in [6, 6.07) is 11.1. The smallest absolute Gasteiger partial charge is 0.322 e. The Morgan fingerprint density at radius 3 is 1.53 bits per heavy atom. The molecule has 0 spiro atoms. The lowest BCUT2D eigenvalue weighted by atomic mass is 9.90. The van der Waals surface area contributed by atoms with E-state index in [0.29, 0.717) is 12.8 Å². The Balaban J connectivity index is 1.46. The Hall–Kier alpha value is -7.82. The largest absolute Gasteiger partial charge is 0.480 e. The molecule has 0 saturated carbocycles. The number of amides is 7. The summed E-state index contributed by atoms with van der Waals surface area (Å²) in [4.78, 5) is 114. The number of rotatable bonds is 31. The monoisotopic (exact) mass is 1040 g/mol. The van der Waals surface area contributed by atoms with Crippen molar-refractivity contribution in [1.29, 1.82) is 0 Å². The molecule has 0 aliphatic rings. The maximum atomic E-state index is 14.2. The zero-order valence-electron chi connectivity index (χ0n) is 43.4. The van der Waals surface area contributed by atoms with E-state index in [0.717, 1.165) is 27.1 Å². The Kier molecular flexibility index (Phi) is 23.2. The molecule has 0 aromatic heterocycles. The van der Waals surface area contributed by atoms with Gasteiger partial charge in [0, 0.05) is 19.5 Å². The molecule has 0 unspecified atom stereocenters. The Morgan fingerprint density at radius 2 is 1.00 bits per heavy atom. The molecule has 0 fully saturated rings. The number of nitrogens with two attached hydrogens (primary N) is 4. The molecule has 4 aromatic carbocycles. The van der Waals surface area contributed by atoms with Gasteiger partial charge in [0.1, 0.15) is 42.8 Å². The predicted molar refractivity (Wildman–Crippen MR) is 287 cm³/mol. The number of aryl methyl sites for hydroxylation is 1. The lowest BCUT2D eigenvalue weighted by molar-refractivity contribution is -0.138. The third-order valence-corrected chi connectivity index (χ3v) is 12.3. The van der Waals surface area contributed by atoms with E-state index in [-0.39, 0.29) is 87.7 Å². The summed E-state index contributed by atoms with van der Waals surface area (Å²) in [5.74, 6) is -7.14. The van der Waals surface area contributed by atoms with Crippen LogP contribution in [0.15, 0.2) is 64.6 Å². The molecule has 4 rings (SSSR count). The molecule has 7 amide bonds. The van der Waals surface area contributed by atoms with Crippen molar-refractivity contribution in [2.45, 2.75) is 129 Å². The first-order chi connectivity index (χ1) is 35.6. The van der Waals surface area contributed by atoms with Crippen molar-refractivity contribution >= 4 is 91.6 Å². The van der Waals surface area contributed by atoms with Crippen LogP contribution >= 0.6 is 0 Å². The highest BCUT2D eigenvalue weighted by atomic mass is 16.4. The number of carbonyl (C=O) groups is 8. The summed E-state index contributed by atoms with van der Waals surface area (Å²) in [6.07, 6.45) is 1.92. The molecular formula is C52H75N13O10. The van der Waals surface area contributed by atoms with Crippen molar-refractivity contribution in [2.75, 3.05) is 26.2 Å². The molecular weight excluding hydrogens is 967 g/mol. The van der Waals surface area contributed by atoms with Gasteiger partial charge in [-0.05, 0) is 108 Å². The number of aliphatic imine (C=N–C) groups is 2. The van der Waals surface area contributed by atoms with Gasteiger partial charge in [0.2, 0.25) is 41.4 Å². The van der Waals surface area contributed by atoms with Crippen molar-refractivity contribution in [3.05, 3.63) is 60.2 Å². The summed E-state index contributed by atoms with van der Waals surface area (Å²) in [7, 11) is 0. The molecule has 0 radical (unpaired) electrons. The number of aliphatic hydroxyl groups excluding tert-OH is 1. The number of guanidine groups is 2. The standard InChI is InChI=1S/C52H75N13O10/c1-28(2)24-38(46(71)59-26-42(68)69)64-50(75)40(27-66)65-45(70)30(5)60-47(72)36(13-8-22-57-51(53)54)62-48(73)37(14-9-23-58-52(55)56)63-49(74)39(25-29(3)4)61-41(67)15-7-10-31-16-17-34-19-18-32-11-6-12-33-20-21-35(31)44(34)43(32)33/h6,11-12,16-21,28-30,36-40,66H,7-10,13-15,22-27H2,1-5H3,(H,59,71)(H,60,72)(H,61,67)(H,62,73)(H,63,74)(H,64,75)(H,65,70)(H,68,69)(H4,53,54,57)(H4,55,56,58)/t30-,36-,37-,38-,39-,40-/m0/s1. The number of nitrogens with zero attached hydrogens (tertiary/aromatic N) is 2. The average Bonchev–Trinajstić information content (AvgIpc) is 3.34. The van der Waals surface area contributed by atoms with Gasteiger partial charge < -0.3 is 70.4 Å². The lowest BCUT2D eigenvalue weighted by Gasteiger charge is -2.27. The van der Waals surface area contributed by atoms with Gasteiger partial charge >= 0.3 is 5.97 Å². The van der Waals surface area contributed by atoms with E-state index in [1.54, 1.807) is 13.8 Å². The van der Waals surface area contributed by atoms with Gasteiger partial charge in [-0.15, -0.1) is 0 Å². The fourth-order valence-electron chi connectivity index (χ4n) is 8.64. The highest BCUT2D eigenvalue weighted by Gasteiger charge is 2.33. The van der Waals surface area contributed by atoms with Gasteiger partial charge in [-0.1, -0.05) is 82.3 Å². The highest BCUT2D eigenvalue weighted by Crippen LogP contribution is 2.36. The van der Waals surface area contributed by atoms with Crippen molar-refractivity contribution < 1.29 is 48.6 Å². The van der Waals surface area contributed by atoms with Gasteiger partial charge in [-0.25, -0.2) is 0 Å². The van der Waals surface area contributed by atoms with Crippen molar-refractivity contribution in [3.8, 4) is 0 Å². The van der Waals surface area contributed by atoms with Gasteiger partial charge in [0.25, 0.3) is 0 Å². The van der Waals surface area contributed by atoms with Crippen LogP contribution in [0.5, 0.6) is 0 Å². The number of nitrogens with one attached hydrogen (secondary N) is 7. The predicted octanol–water partition coefficient (Wildman–Crippen LogP) is 0.228.